The Morgan fingerprint density at radius 3 is 1.73 bits per heavy atom. The molecular weight excluding hydrogens is 192 g/mol. The van der Waals surface area contributed by atoms with Gasteiger partial charge in [-0.1, -0.05) is 12.7 Å². The van der Waals surface area contributed by atoms with Gasteiger partial charge in [0.05, 0.1) is 21.1 Å². The highest BCUT2D eigenvalue weighted by molar-refractivity contribution is 5.52. The summed E-state index contributed by atoms with van der Waals surface area (Å²) < 4.78 is 0.859. The normalized spacial score (nSPS) is 9.00. The Labute approximate surface area is 91.6 Å². The van der Waals surface area contributed by atoms with Crippen molar-refractivity contribution in [2.75, 3.05) is 21.1 Å². The Morgan fingerprint density at radius 2 is 1.47 bits per heavy atom. The third kappa shape index (κ3) is 5.29. The van der Waals surface area contributed by atoms with Crippen LogP contribution in [-0.4, -0.2) is 32.1 Å². The number of quaternary nitrogens is 1. The molecular formula is C11H22N2O2. The number of rotatable bonds is 2. The molecule has 0 heterocycles. The van der Waals surface area contributed by atoms with Crippen molar-refractivity contribution in [2.24, 2.45) is 0 Å². The zero-order valence-electron chi connectivity index (χ0n) is 9.70. The summed E-state index contributed by atoms with van der Waals surface area (Å²) in [7, 11) is 6.47. The van der Waals surface area contributed by atoms with Crippen LogP contribution in [0.4, 0.5) is 5.69 Å². The van der Waals surface area contributed by atoms with Gasteiger partial charge in [-0.2, -0.15) is 0 Å². The average molecular weight is 214 g/mol. The first-order chi connectivity index (χ1) is 5.54. The van der Waals surface area contributed by atoms with Gasteiger partial charge in [0, 0.05) is 0 Å². The summed E-state index contributed by atoms with van der Waals surface area (Å²) in [5, 5.41) is 0. The molecule has 1 aromatic rings. The molecule has 88 valence electrons. The molecule has 15 heavy (non-hydrogen) atoms. The first-order valence-corrected chi connectivity index (χ1v) is 4.08. The van der Waals surface area contributed by atoms with Gasteiger partial charge in [-0.15, -0.1) is 0 Å². The van der Waals surface area contributed by atoms with E-state index in [2.05, 4.69) is 52.0 Å². The molecule has 0 spiro atoms. The van der Waals surface area contributed by atoms with Crippen LogP contribution in [0.15, 0.2) is 30.8 Å². The first kappa shape index (κ1) is 19.4. The Kier molecular flexibility index (Phi) is 9.23. The Bertz CT molecular complexity index is 276. The minimum Gasteiger partial charge on any atom is -0.870 e. The Balaban J connectivity index is -0.000000480. The maximum atomic E-state index is 3.72. The lowest BCUT2D eigenvalue weighted by Gasteiger charge is -2.23. The van der Waals surface area contributed by atoms with E-state index in [4.69, 9.17) is 0 Å². The quantitative estimate of drug-likeness (QED) is 0.758. The van der Waals surface area contributed by atoms with Crippen LogP contribution < -0.4 is 10.6 Å². The molecule has 0 aliphatic carbocycles. The zero-order valence-corrected chi connectivity index (χ0v) is 9.70. The predicted octanol–water partition coefficient (Wildman–Crippen LogP) is 1.69. The van der Waals surface area contributed by atoms with Gasteiger partial charge in [0.25, 0.3) is 0 Å². The molecule has 0 aliphatic heterocycles. The van der Waals surface area contributed by atoms with Gasteiger partial charge in [0.2, 0.25) is 0 Å². The monoisotopic (exact) mass is 214 g/mol. The van der Waals surface area contributed by atoms with Crippen molar-refractivity contribution in [1.82, 2.24) is 10.6 Å². The fraction of sp³-hybridized carbons (Fsp3) is 0.273. The Hall–Kier alpha value is -1.20. The standard InChI is InChI=1S/C11H16N.H3N.2H2O/c1-5-10-6-8-11(9-7-10)12(2,3)4;;;/h5-9H,1H2,2-4H3;1H3;2*1H2/q+1;;;/p-1. The average Bonchev–Trinajstić information content (AvgIpc) is 2.03. The van der Waals surface area contributed by atoms with Gasteiger partial charge in [-0.3, -0.25) is 4.48 Å². The van der Waals surface area contributed by atoms with E-state index in [1.165, 1.54) is 11.3 Å². The van der Waals surface area contributed by atoms with Crippen LogP contribution in [0.3, 0.4) is 0 Å². The van der Waals surface area contributed by atoms with Crippen molar-refractivity contribution in [2.45, 2.75) is 0 Å². The van der Waals surface area contributed by atoms with E-state index in [1.807, 2.05) is 6.08 Å². The molecule has 6 N–H and O–H groups in total. The molecule has 0 unspecified atom stereocenters. The van der Waals surface area contributed by atoms with Crippen molar-refractivity contribution in [1.29, 1.82) is 0 Å². The van der Waals surface area contributed by atoms with Crippen molar-refractivity contribution >= 4 is 11.8 Å². The van der Waals surface area contributed by atoms with Crippen LogP contribution in [0, 0.1) is 0 Å². The summed E-state index contributed by atoms with van der Waals surface area (Å²) in [4.78, 5) is 0. The lowest BCUT2D eigenvalue weighted by Crippen LogP contribution is -2.34. The highest BCUT2D eigenvalue weighted by Gasteiger charge is 2.09. The lowest BCUT2D eigenvalue weighted by atomic mass is 10.2. The maximum Gasteiger partial charge on any atom is 0.132 e. The van der Waals surface area contributed by atoms with E-state index in [0.29, 0.717) is 0 Å². The van der Waals surface area contributed by atoms with Crippen molar-refractivity contribution < 1.29 is 11.0 Å². The zero-order chi connectivity index (χ0) is 9.19. The van der Waals surface area contributed by atoms with E-state index in [-0.39, 0.29) is 17.1 Å². The van der Waals surface area contributed by atoms with Crippen LogP contribution in [0.5, 0.6) is 0 Å². The van der Waals surface area contributed by atoms with Crippen LogP contribution in [-0.2, 0) is 0 Å². The highest BCUT2D eigenvalue weighted by atomic mass is 16.0. The molecule has 0 saturated carbocycles. The molecule has 0 fully saturated rings. The summed E-state index contributed by atoms with van der Waals surface area (Å²) in [6, 6.07) is 8.45. The third-order valence-electron chi connectivity index (χ3n) is 1.90. The molecule has 4 heteroatoms. The largest absolute Gasteiger partial charge is 0.870 e. The molecule has 0 aliphatic rings. The predicted molar refractivity (Wildman–Crippen MR) is 66.7 cm³/mol. The van der Waals surface area contributed by atoms with Gasteiger partial charge in [0.15, 0.2) is 0 Å². The van der Waals surface area contributed by atoms with Gasteiger partial charge in [-0.05, 0) is 29.8 Å². The molecule has 0 radical (unpaired) electrons. The van der Waals surface area contributed by atoms with Crippen molar-refractivity contribution in [3.63, 3.8) is 0 Å². The first-order valence-electron chi connectivity index (χ1n) is 4.08. The number of benzene rings is 1. The summed E-state index contributed by atoms with van der Waals surface area (Å²) >= 11 is 0. The van der Waals surface area contributed by atoms with Crippen LogP contribution in [0.1, 0.15) is 5.56 Å². The molecule has 0 aromatic heterocycles. The smallest absolute Gasteiger partial charge is 0.132 e. The topological polar surface area (TPSA) is 96.5 Å². The summed E-state index contributed by atoms with van der Waals surface area (Å²) in [6.07, 6.45) is 1.86. The number of nitrogens with zero attached hydrogens (tertiary/aromatic N) is 1. The van der Waals surface area contributed by atoms with Crippen LogP contribution in [0.25, 0.3) is 6.08 Å². The van der Waals surface area contributed by atoms with Gasteiger partial charge in [-0.25, -0.2) is 0 Å². The second-order valence-electron chi connectivity index (χ2n) is 3.81. The molecule has 4 nitrogen and oxygen atoms in total. The second-order valence-corrected chi connectivity index (χ2v) is 3.81. The minimum atomic E-state index is 0. The molecule has 1 rings (SSSR count). The SMILES string of the molecule is C=Cc1ccc([N+](C)(C)C)cc1.N.O.[OH-]. The van der Waals surface area contributed by atoms with Crippen LogP contribution >= 0.6 is 0 Å². The van der Waals surface area contributed by atoms with E-state index < -0.39 is 0 Å². The summed E-state index contributed by atoms with van der Waals surface area (Å²) in [6.45, 7) is 3.72. The lowest BCUT2D eigenvalue weighted by molar-refractivity contribution is 0.486. The summed E-state index contributed by atoms with van der Waals surface area (Å²) in [5.74, 6) is 0. The molecule has 0 amide bonds. The third-order valence-corrected chi connectivity index (χ3v) is 1.90. The number of hydrogen-bond donors (Lipinski definition) is 1. The molecule has 1 aromatic carbocycles. The molecule has 0 bridgehead atoms. The van der Waals surface area contributed by atoms with E-state index in [9.17, 15) is 0 Å². The second kappa shape index (κ2) is 7.14. The highest BCUT2D eigenvalue weighted by Crippen LogP contribution is 2.17. The molecule has 0 atom stereocenters. The maximum absolute atomic E-state index is 3.72. The van der Waals surface area contributed by atoms with Gasteiger partial charge >= 0.3 is 0 Å². The molecule has 0 saturated heterocycles. The summed E-state index contributed by atoms with van der Waals surface area (Å²) in [5.41, 5.74) is 2.48. The van der Waals surface area contributed by atoms with Gasteiger partial charge < -0.3 is 17.1 Å². The fourth-order valence-electron chi connectivity index (χ4n) is 1.06. The fourth-order valence-corrected chi connectivity index (χ4v) is 1.06. The van der Waals surface area contributed by atoms with E-state index >= 15 is 0 Å². The van der Waals surface area contributed by atoms with Crippen molar-refractivity contribution in [3.05, 3.63) is 36.4 Å². The van der Waals surface area contributed by atoms with E-state index in [1.54, 1.807) is 0 Å². The van der Waals surface area contributed by atoms with E-state index in [0.717, 1.165) is 4.48 Å². The number of hydrogen-bond acceptors (Lipinski definition) is 2. The van der Waals surface area contributed by atoms with Gasteiger partial charge in [0.1, 0.15) is 5.69 Å². The van der Waals surface area contributed by atoms with Crippen LogP contribution in [0.2, 0.25) is 0 Å². The van der Waals surface area contributed by atoms with Crippen molar-refractivity contribution in [3.8, 4) is 0 Å². The Morgan fingerprint density at radius 1 is 1.07 bits per heavy atom. The minimum absolute atomic E-state index is 0.